The number of rotatable bonds is 6. The van der Waals surface area contributed by atoms with Gasteiger partial charge in [-0.1, -0.05) is 35.0 Å². The lowest BCUT2D eigenvalue weighted by Crippen LogP contribution is -2.35. The zero-order valence-electron chi connectivity index (χ0n) is 10.0. The number of sulfonamides is 1. The lowest BCUT2D eigenvalue weighted by molar-refractivity contribution is 0.254. The molecule has 0 spiro atoms. The first kappa shape index (κ1) is 15.4. The molecular formula is C12H16BrNO3S. The number of aliphatic hydroxyl groups is 1. The van der Waals surface area contributed by atoms with Crippen LogP contribution in [0.15, 0.2) is 34.1 Å². The van der Waals surface area contributed by atoms with Crippen molar-refractivity contribution in [3.8, 4) is 0 Å². The summed E-state index contributed by atoms with van der Waals surface area (Å²) in [4.78, 5) is 0. The van der Waals surface area contributed by atoms with Crippen molar-refractivity contribution in [1.29, 1.82) is 0 Å². The minimum atomic E-state index is -3.52. The van der Waals surface area contributed by atoms with Gasteiger partial charge < -0.3 is 5.11 Å². The molecule has 0 bridgehead atoms. The maximum absolute atomic E-state index is 11.7. The third-order valence-electron chi connectivity index (χ3n) is 2.33. The molecule has 0 aliphatic carbocycles. The molecule has 0 saturated carbocycles. The molecule has 4 nitrogen and oxygen atoms in total. The molecule has 0 radical (unpaired) electrons. The third-order valence-corrected chi connectivity index (χ3v) is 3.98. The van der Waals surface area contributed by atoms with E-state index < -0.39 is 16.1 Å². The molecule has 1 aromatic rings. The normalized spacial score (nSPS) is 13.9. The molecule has 6 heteroatoms. The Morgan fingerprint density at radius 1 is 1.50 bits per heavy atom. The summed E-state index contributed by atoms with van der Waals surface area (Å²) in [5.41, 5.74) is 0.784. The fraction of sp³-hybridized carbons (Fsp3) is 0.333. The SMILES string of the molecule is CCC(CO)NS(=O)(=O)/C=C/c1cccc(Br)c1. The van der Waals surface area contributed by atoms with Crippen LogP contribution < -0.4 is 4.72 Å². The second-order valence-corrected chi connectivity index (χ2v) is 6.32. The molecule has 0 aliphatic rings. The van der Waals surface area contributed by atoms with E-state index >= 15 is 0 Å². The van der Waals surface area contributed by atoms with Crippen molar-refractivity contribution >= 4 is 32.0 Å². The van der Waals surface area contributed by atoms with Crippen molar-refractivity contribution in [2.24, 2.45) is 0 Å². The Balaban J connectivity index is 2.76. The van der Waals surface area contributed by atoms with Gasteiger partial charge in [0.25, 0.3) is 0 Å². The van der Waals surface area contributed by atoms with Crippen molar-refractivity contribution in [2.45, 2.75) is 19.4 Å². The number of aliphatic hydroxyl groups excluding tert-OH is 1. The smallest absolute Gasteiger partial charge is 0.234 e. The predicted molar refractivity (Wildman–Crippen MR) is 76.4 cm³/mol. The van der Waals surface area contributed by atoms with Crippen molar-refractivity contribution in [3.05, 3.63) is 39.7 Å². The van der Waals surface area contributed by atoms with E-state index in [1.165, 1.54) is 6.08 Å². The van der Waals surface area contributed by atoms with Gasteiger partial charge >= 0.3 is 0 Å². The van der Waals surface area contributed by atoms with E-state index in [9.17, 15) is 8.42 Å². The first-order chi connectivity index (χ1) is 8.46. The fourth-order valence-corrected chi connectivity index (χ4v) is 2.84. The summed E-state index contributed by atoms with van der Waals surface area (Å²) in [5, 5.41) is 10.1. The van der Waals surface area contributed by atoms with Gasteiger partial charge in [0.15, 0.2) is 0 Å². The van der Waals surface area contributed by atoms with Crippen LogP contribution in [0, 0.1) is 0 Å². The summed E-state index contributed by atoms with van der Waals surface area (Å²) in [6.45, 7) is 1.60. The highest BCUT2D eigenvalue weighted by Gasteiger charge is 2.12. The lowest BCUT2D eigenvalue weighted by Gasteiger charge is -2.11. The Hall–Kier alpha value is -0.690. The van der Waals surface area contributed by atoms with Gasteiger partial charge in [-0.05, 0) is 30.2 Å². The number of hydrogen-bond donors (Lipinski definition) is 2. The van der Waals surface area contributed by atoms with Crippen LogP contribution in [0.3, 0.4) is 0 Å². The van der Waals surface area contributed by atoms with Gasteiger partial charge in [-0.15, -0.1) is 0 Å². The topological polar surface area (TPSA) is 66.4 Å². The first-order valence-electron chi connectivity index (χ1n) is 5.53. The van der Waals surface area contributed by atoms with Gasteiger partial charge in [0.2, 0.25) is 10.0 Å². The summed E-state index contributed by atoms with van der Waals surface area (Å²) in [6.07, 6.45) is 2.05. The Bertz CT molecular complexity index is 510. The molecule has 0 amide bonds. The molecule has 100 valence electrons. The van der Waals surface area contributed by atoms with Crippen LogP contribution >= 0.6 is 15.9 Å². The van der Waals surface area contributed by atoms with Crippen LogP contribution in [0.5, 0.6) is 0 Å². The number of nitrogens with one attached hydrogen (secondary N) is 1. The summed E-state index contributed by atoms with van der Waals surface area (Å²) < 4.78 is 26.7. The minimum absolute atomic E-state index is 0.208. The molecule has 1 unspecified atom stereocenters. The highest BCUT2D eigenvalue weighted by atomic mass is 79.9. The molecule has 18 heavy (non-hydrogen) atoms. The Labute approximate surface area is 116 Å². The number of halogens is 1. The highest BCUT2D eigenvalue weighted by Crippen LogP contribution is 2.13. The predicted octanol–water partition coefficient (Wildman–Crippen LogP) is 2.11. The van der Waals surface area contributed by atoms with E-state index in [0.717, 1.165) is 15.4 Å². The minimum Gasteiger partial charge on any atom is -0.395 e. The Morgan fingerprint density at radius 3 is 2.78 bits per heavy atom. The zero-order chi connectivity index (χ0) is 13.6. The van der Waals surface area contributed by atoms with Crippen LogP contribution in [0.2, 0.25) is 0 Å². The molecule has 2 N–H and O–H groups in total. The molecule has 0 fully saturated rings. The zero-order valence-corrected chi connectivity index (χ0v) is 12.4. The summed E-state index contributed by atoms with van der Waals surface area (Å²) in [7, 11) is -3.52. The monoisotopic (exact) mass is 333 g/mol. The fourth-order valence-electron chi connectivity index (χ4n) is 1.30. The summed E-state index contributed by atoms with van der Waals surface area (Å²) >= 11 is 3.31. The van der Waals surface area contributed by atoms with Crippen molar-refractivity contribution in [2.75, 3.05) is 6.61 Å². The van der Waals surface area contributed by atoms with Gasteiger partial charge in [0.1, 0.15) is 0 Å². The van der Waals surface area contributed by atoms with Crippen LogP contribution in [-0.4, -0.2) is 26.2 Å². The van der Waals surface area contributed by atoms with Crippen molar-refractivity contribution in [1.82, 2.24) is 4.72 Å². The van der Waals surface area contributed by atoms with Crippen molar-refractivity contribution in [3.63, 3.8) is 0 Å². The number of benzene rings is 1. The molecule has 0 saturated heterocycles. The average Bonchev–Trinajstić information content (AvgIpc) is 2.34. The lowest BCUT2D eigenvalue weighted by atomic mass is 10.2. The second-order valence-electron chi connectivity index (χ2n) is 3.81. The molecule has 0 aromatic heterocycles. The van der Waals surface area contributed by atoms with Gasteiger partial charge in [-0.2, -0.15) is 0 Å². The van der Waals surface area contributed by atoms with Gasteiger partial charge in [0, 0.05) is 15.9 Å². The summed E-state index contributed by atoms with van der Waals surface area (Å²) in [6, 6.07) is 6.87. The third kappa shape index (κ3) is 5.30. The molecule has 0 heterocycles. The van der Waals surface area contributed by atoms with E-state index in [0.29, 0.717) is 6.42 Å². The molecule has 0 aliphatic heterocycles. The Morgan fingerprint density at radius 2 is 2.22 bits per heavy atom. The quantitative estimate of drug-likeness (QED) is 0.837. The standard InChI is InChI=1S/C12H16BrNO3S/c1-2-12(9-15)14-18(16,17)7-6-10-4-3-5-11(13)8-10/h3-8,12,14-15H,2,9H2,1H3/b7-6+. The Kier molecular flexibility index (Phi) is 6.01. The van der Waals surface area contributed by atoms with Crippen LogP contribution in [0.25, 0.3) is 6.08 Å². The summed E-state index contributed by atoms with van der Waals surface area (Å²) in [5.74, 6) is 0. The van der Waals surface area contributed by atoms with Crippen LogP contribution in [0.4, 0.5) is 0 Å². The van der Waals surface area contributed by atoms with Gasteiger partial charge in [-0.25, -0.2) is 13.1 Å². The highest BCUT2D eigenvalue weighted by molar-refractivity contribution is 9.10. The average molecular weight is 334 g/mol. The second kappa shape index (κ2) is 7.04. The maximum atomic E-state index is 11.7. The molecular weight excluding hydrogens is 318 g/mol. The molecule has 1 rings (SSSR count). The number of hydrogen-bond acceptors (Lipinski definition) is 3. The van der Waals surface area contributed by atoms with Gasteiger partial charge in [-0.3, -0.25) is 0 Å². The van der Waals surface area contributed by atoms with Crippen LogP contribution in [-0.2, 0) is 10.0 Å². The molecule has 1 atom stereocenters. The van der Waals surface area contributed by atoms with Crippen LogP contribution in [0.1, 0.15) is 18.9 Å². The maximum Gasteiger partial charge on any atom is 0.234 e. The van der Waals surface area contributed by atoms with Gasteiger partial charge in [0.05, 0.1) is 6.61 Å². The largest absolute Gasteiger partial charge is 0.395 e. The van der Waals surface area contributed by atoms with E-state index in [4.69, 9.17) is 5.11 Å². The van der Waals surface area contributed by atoms with E-state index in [2.05, 4.69) is 20.7 Å². The molecule has 1 aromatic carbocycles. The van der Waals surface area contributed by atoms with E-state index in [1.54, 1.807) is 13.0 Å². The first-order valence-corrected chi connectivity index (χ1v) is 7.87. The van der Waals surface area contributed by atoms with E-state index in [1.807, 2.05) is 18.2 Å². The van der Waals surface area contributed by atoms with Crippen molar-refractivity contribution < 1.29 is 13.5 Å². The van der Waals surface area contributed by atoms with E-state index in [-0.39, 0.29) is 6.61 Å².